The number of carbonyl (C=O) groups excluding carboxylic acids is 1. The Hall–Kier alpha value is -0.980. The van der Waals surface area contributed by atoms with Crippen LogP contribution in [0.1, 0.15) is 10.4 Å². The smallest absolute Gasteiger partial charge is 0.340 e. The van der Waals surface area contributed by atoms with Crippen molar-refractivity contribution in [2.24, 2.45) is 4.99 Å². The van der Waals surface area contributed by atoms with E-state index in [4.69, 9.17) is 21.6 Å². The topological polar surface area (TPSA) is 74.5 Å². The second-order valence-electron chi connectivity index (χ2n) is 3.13. The summed E-state index contributed by atoms with van der Waals surface area (Å²) < 4.78 is 5.39. The molecule has 0 radical (unpaired) electrons. The molecule has 0 aliphatic rings. The predicted octanol–water partition coefficient (Wildman–Crippen LogP) is 3.15. The van der Waals surface area contributed by atoms with Gasteiger partial charge in [0.05, 0.1) is 18.4 Å². The van der Waals surface area contributed by atoms with Crippen molar-refractivity contribution in [2.45, 2.75) is 0 Å². The van der Waals surface area contributed by atoms with Crippen LogP contribution in [0.5, 0.6) is 0 Å². The molecule has 0 aromatic heterocycles. The minimum absolute atomic E-state index is 0.255. The summed E-state index contributed by atoms with van der Waals surface area (Å²) in [5.41, 5.74) is 0.676. The Labute approximate surface area is 133 Å². The predicted molar refractivity (Wildman–Crippen MR) is 84.9 cm³/mol. The zero-order valence-corrected chi connectivity index (χ0v) is 13.8. The summed E-state index contributed by atoms with van der Waals surface area (Å²) in [6.45, 7) is 0. The first-order valence-corrected chi connectivity index (χ1v) is 7.56. The number of hydrogen-bond acceptors (Lipinski definition) is 5. The number of nitriles is 1. The quantitative estimate of drug-likeness (QED) is 0.203. The highest BCUT2D eigenvalue weighted by atomic mass is 127. The van der Waals surface area contributed by atoms with Gasteiger partial charge >= 0.3 is 5.97 Å². The van der Waals surface area contributed by atoms with Crippen LogP contribution < -0.4 is 5.32 Å². The van der Waals surface area contributed by atoms with Gasteiger partial charge in [0.2, 0.25) is 0 Å². The van der Waals surface area contributed by atoms with Crippen molar-refractivity contribution in [2.75, 3.05) is 13.4 Å². The van der Waals surface area contributed by atoms with Crippen LogP contribution in [0.4, 0.5) is 5.69 Å². The Morgan fingerprint density at radius 1 is 1.63 bits per heavy atom. The minimum Gasteiger partial charge on any atom is -0.465 e. The fraction of sp³-hybridized carbons (Fsp3) is 0.182. The van der Waals surface area contributed by atoms with Gasteiger partial charge in [-0.2, -0.15) is 5.26 Å². The maximum Gasteiger partial charge on any atom is 0.340 e. The summed E-state index contributed by atoms with van der Waals surface area (Å²) in [6.07, 6.45) is 3.55. The molecular weight excluding hydrogens is 401 g/mol. The number of ether oxygens (including phenoxy) is 1. The van der Waals surface area contributed by atoms with Crippen LogP contribution >= 0.6 is 46.0 Å². The summed E-state index contributed by atoms with van der Waals surface area (Å²) in [5.74, 6) is -0.531. The molecule has 1 aromatic rings. The van der Waals surface area contributed by atoms with Crippen LogP contribution in [0.15, 0.2) is 17.1 Å². The summed E-state index contributed by atoms with van der Waals surface area (Å²) in [7, 11) is 1.28. The van der Waals surface area contributed by atoms with Crippen molar-refractivity contribution in [3.05, 3.63) is 26.3 Å². The van der Waals surface area contributed by atoms with Crippen LogP contribution in [-0.4, -0.2) is 24.5 Å². The van der Waals surface area contributed by atoms with Gasteiger partial charge in [0.25, 0.3) is 0 Å². The molecule has 0 amide bonds. The Morgan fingerprint density at radius 3 is 2.84 bits per heavy atom. The van der Waals surface area contributed by atoms with Crippen LogP contribution in [0.2, 0.25) is 5.02 Å². The highest BCUT2D eigenvalue weighted by molar-refractivity contribution is 14.1. The van der Waals surface area contributed by atoms with Gasteiger partial charge in [-0.25, -0.2) is 9.79 Å². The van der Waals surface area contributed by atoms with Crippen molar-refractivity contribution < 1.29 is 9.53 Å². The van der Waals surface area contributed by atoms with Gasteiger partial charge < -0.3 is 4.74 Å². The average Bonchev–Trinajstić information content (AvgIpc) is 2.39. The number of aliphatic imine (C=N–C) groups is 1. The maximum absolute atomic E-state index is 11.7. The van der Waals surface area contributed by atoms with E-state index in [0.29, 0.717) is 19.4 Å². The molecular formula is C11H9ClIN3O2S. The van der Waals surface area contributed by atoms with Gasteiger partial charge in [-0.05, 0) is 41.0 Å². The van der Waals surface area contributed by atoms with Crippen LogP contribution in [0.3, 0.4) is 0 Å². The van der Waals surface area contributed by atoms with Crippen molar-refractivity contribution in [1.82, 2.24) is 5.32 Å². The standard InChI is InChI=1S/C11H9ClIN3O2S/c1-18-10(17)7-3-6(12)4-8(13)9(7)16-11(19-2)15-5-14/h3-4H,1-2H3,(H,15,16). The number of esters is 1. The average molecular weight is 410 g/mol. The number of methoxy groups -OCH3 is 1. The van der Waals surface area contributed by atoms with Crippen molar-refractivity contribution in [3.63, 3.8) is 0 Å². The molecule has 0 aliphatic carbocycles. The Morgan fingerprint density at radius 2 is 2.32 bits per heavy atom. The van der Waals surface area contributed by atoms with E-state index < -0.39 is 5.97 Å². The normalized spacial score (nSPS) is 10.8. The maximum atomic E-state index is 11.7. The molecule has 1 N–H and O–H groups in total. The second kappa shape index (κ2) is 7.57. The third-order valence-electron chi connectivity index (χ3n) is 2.00. The molecule has 1 rings (SSSR count). The van der Waals surface area contributed by atoms with Crippen LogP contribution in [0, 0.1) is 15.0 Å². The molecule has 0 bridgehead atoms. The zero-order valence-electron chi connectivity index (χ0n) is 10.0. The van der Waals surface area contributed by atoms with Gasteiger partial charge in [-0.3, -0.25) is 5.32 Å². The highest BCUT2D eigenvalue weighted by Crippen LogP contribution is 2.31. The van der Waals surface area contributed by atoms with Crippen LogP contribution in [0.25, 0.3) is 0 Å². The molecule has 8 heteroatoms. The van der Waals surface area contributed by atoms with Gasteiger partial charge in [-0.15, -0.1) is 0 Å². The second-order valence-corrected chi connectivity index (χ2v) is 5.53. The number of amidine groups is 1. The van der Waals surface area contributed by atoms with E-state index in [1.165, 1.54) is 24.9 Å². The Bertz CT molecular complexity index is 572. The van der Waals surface area contributed by atoms with Gasteiger partial charge in [0, 0.05) is 8.59 Å². The summed E-state index contributed by atoms with van der Waals surface area (Å²) in [6, 6.07) is 3.16. The Balaban J connectivity index is 3.41. The van der Waals surface area contributed by atoms with E-state index in [-0.39, 0.29) is 5.56 Å². The number of rotatable bonds is 2. The largest absolute Gasteiger partial charge is 0.465 e. The summed E-state index contributed by atoms with van der Waals surface area (Å²) in [4.78, 5) is 16.0. The lowest BCUT2D eigenvalue weighted by Gasteiger charge is -2.08. The van der Waals surface area contributed by atoms with Gasteiger partial charge in [-0.1, -0.05) is 23.4 Å². The first kappa shape index (κ1) is 16.1. The molecule has 0 heterocycles. The van der Waals surface area contributed by atoms with Gasteiger partial charge in [0.15, 0.2) is 11.4 Å². The lowest BCUT2D eigenvalue weighted by atomic mass is 10.2. The molecule has 0 aliphatic heterocycles. The number of hydrogen-bond donors (Lipinski definition) is 1. The number of carbonyl (C=O) groups is 1. The first-order chi connectivity index (χ1) is 9.03. The molecule has 1 aromatic carbocycles. The number of nitrogens with zero attached hydrogens (tertiary/aromatic N) is 2. The Kier molecular flexibility index (Phi) is 6.41. The zero-order chi connectivity index (χ0) is 14.4. The summed E-state index contributed by atoms with van der Waals surface area (Å²) >= 11 is 9.20. The molecule has 100 valence electrons. The fourth-order valence-electron chi connectivity index (χ4n) is 1.22. The molecule has 0 atom stereocenters. The molecule has 0 unspecified atom stereocenters. The fourth-order valence-corrected chi connectivity index (χ4v) is 2.70. The molecule has 0 spiro atoms. The lowest BCUT2D eigenvalue weighted by Crippen LogP contribution is -2.13. The number of thioether (sulfide) groups is 1. The lowest BCUT2D eigenvalue weighted by molar-refractivity contribution is 0.0601. The third-order valence-corrected chi connectivity index (χ3v) is 3.62. The molecule has 0 fully saturated rings. The minimum atomic E-state index is -0.531. The first-order valence-electron chi connectivity index (χ1n) is 4.88. The van der Waals surface area contributed by atoms with Gasteiger partial charge in [0.1, 0.15) is 0 Å². The SMILES string of the molecule is COC(=O)c1cc(Cl)cc(I)c1N=C(NC#N)SC. The van der Waals surface area contributed by atoms with Crippen molar-refractivity contribution in [1.29, 1.82) is 5.26 Å². The molecule has 0 saturated carbocycles. The number of nitrogens with one attached hydrogen (secondary N) is 1. The number of benzene rings is 1. The van der Waals surface area contributed by atoms with E-state index in [0.717, 1.165) is 0 Å². The monoisotopic (exact) mass is 409 g/mol. The van der Waals surface area contributed by atoms with Crippen molar-refractivity contribution >= 4 is 62.8 Å². The third kappa shape index (κ3) is 4.26. The molecule has 0 saturated heterocycles. The number of halogens is 2. The van der Waals surface area contributed by atoms with E-state index >= 15 is 0 Å². The van der Waals surface area contributed by atoms with Crippen molar-refractivity contribution in [3.8, 4) is 6.19 Å². The molecule has 5 nitrogen and oxygen atoms in total. The van der Waals surface area contributed by atoms with E-state index in [1.54, 1.807) is 18.5 Å². The summed E-state index contributed by atoms with van der Waals surface area (Å²) in [5, 5.41) is 11.9. The highest BCUT2D eigenvalue weighted by Gasteiger charge is 2.16. The molecule has 19 heavy (non-hydrogen) atoms. The van der Waals surface area contributed by atoms with E-state index in [9.17, 15) is 4.79 Å². The van der Waals surface area contributed by atoms with E-state index in [1.807, 2.05) is 22.6 Å². The van der Waals surface area contributed by atoms with E-state index in [2.05, 4.69) is 10.3 Å². The van der Waals surface area contributed by atoms with Crippen LogP contribution in [-0.2, 0) is 4.74 Å².